The molecule has 5 heteroatoms. The first-order valence-corrected chi connectivity index (χ1v) is 6.92. The number of amides is 1. The van der Waals surface area contributed by atoms with E-state index in [0.717, 1.165) is 16.8 Å². The maximum atomic E-state index is 12.5. The van der Waals surface area contributed by atoms with Gasteiger partial charge in [-0.25, -0.2) is 0 Å². The number of carboxylic acids is 1. The Morgan fingerprint density at radius 2 is 1.81 bits per heavy atom. The van der Waals surface area contributed by atoms with Crippen LogP contribution in [0.3, 0.4) is 0 Å². The number of carboxylic acid groups (broad SMARTS) is 1. The summed E-state index contributed by atoms with van der Waals surface area (Å²) in [6.45, 7) is 3.89. The van der Waals surface area contributed by atoms with Crippen molar-refractivity contribution in [1.82, 2.24) is 0 Å². The van der Waals surface area contributed by atoms with E-state index >= 15 is 0 Å². The van der Waals surface area contributed by atoms with Gasteiger partial charge in [-0.2, -0.15) is 0 Å². The molecule has 2 heterocycles. The first kappa shape index (κ1) is 13.8. The third-order valence-corrected chi connectivity index (χ3v) is 4.35. The molecule has 1 saturated heterocycles. The van der Waals surface area contributed by atoms with Gasteiger partial charge in [0, 0.05) is 5.69 Å². The van der Waals surface area contributed by atoms with Crippen LogP contribution in [0.15, 0.2) is 30.4 Å². The van der Waals surface area contributed by atoms with Crippen molar-refractivity contribution in [3.8, 4) is 0 Å². The molecule has 0 spiro atoms. The van der Waals surface area contributed by atoms with Crippen LogP contribution in [0.2, 0.25) is 0 Å². The Morgan fingerprint density at radius 3 is 2.48 bits per heavy atom. The normalized spacial score (nSPS) is 29.6. The third-order valence-electron chi connectivity index (χ3n) is 4.35. The van der Waals surface area contributed by atoms with Crippen LogP contribution in [0, 0.1) is 25.7 Å². The van der Waals surface area contributed by atoms with Crippen molar-refractivity contribution < 1.29 is 19.4 Å². The van der Waals surface area contributed by atoms with E-state index in [1.165, 1.54) is 0 Å². The monoisotopic (exact) mass is 287 g/mol. The number of benzene rings is 1. The molecule has 0 aromatic heterocycles. The van der Waals surface area contributed by atoms with Gasteiger partial charge in [-0.05, 0) is 31.0 Å². The fourth-order valence-corrected chi connectivity index (χ4v) is 3.02. The highest BCUT2D eigenvalue weighted by Crippen LogP contribution is 2.40. The fraction of sp³-hybridized carbons (Fsp3) is 0.375. The van der Waals surface area contributed by atoms with Crippen molar-refractivity contribution in [2.24, 2.45) is 11.8 Å². The Kier molecular flexibility index (Phi) is 3.29. The highest BCUT2D eigenvalue weighted by Gasteiger charge is 2.53. The third kappa shape index (κ3) is 2.23. The molecule has 2 aliphatic rings. The highest BCUT2D eigenvalue weighted by molar-refractivity contribution is 5.97. The molecular weight excluding hydrogens is 270 g/mol. The number of hydrogen-bond acceptors (Lipinski definition) is 3. The van der Waals surface area contributed by atoms with E-state index in [-0.39, 0.29) is 5.91 Å². The van der Waals surface area contributed by atoms with Crippen LogP contribution in [0.25, 0.3) is 0 Å². The predicted octanol–water partition coefficient (Wildman–Crippen LogP) is 1.90. The number of nitrogens with one attached hydrogen (secondary N) is 1. The minimum absolute atomic E-state index is 0.298. The maximum absolute atomic E-state index is 12.5. The Morgan fingerprint density at radius 1 is 1.14 bits per heavy atom. The van der Waals surface area contributed by atoms with Crippen LogP contribution in [-0.2, 0) is 14.3 Å². The lowest BCUT2D eigenvalue weighted by atomic mass is 9.82. The average Bonchev–Trinajstić information content (AvgIpc) is 3.04. The van der Waals surface area contributed by atoms with E-state index in [1.807, 2.05) is 32.0 Å². The summed E-state index contributed by atoms with van der Waals surface area (Å²) >= 11 is 0. The summed E-state index contributed by atoms with van der Waals surface area (Å²) in [4.78, 5) is 23.9. The summed E-state index contributed by atoms with van der Waals surface area (Å²) in [7, 11) is 0. The second-order valence-electron chi connectivity index (χ2n) is 5.58. The summed E-state index contributed by atoms with van der Waals surface area (Å²) in [5, 5.41) is 12.2. The predicted molar refractivity (Wildman–Crippen MR) is 77.0 cm³/mol. The summed E-state index contributed by atoms with van der Waals surface area (Å²) in [5.41, 5.74) is 2.78. The number of anilines is 1. The van der Waals surface area contributed by atoms with E-state index < -0.39 is 30.0 Å². The molecule has 3 rings (SSSR count). The lowest BCUT2D eigenvalue weighted by Gasteiger charge is -2.21. The zero-order valence-corrected chi connectivity index (χ0v) is 11.9. The van der Waals surface area contributed by atoms with Crippen molar-refractivity contribution >= 4 is 17.6 Å². The SMILES string of the molecule is Cc1cccc(NC(=O)[C@H]2[C@H](C(=O)O)[C@H]3C=C[C@H]2O3)c1C. The van der Waals surface area contributed by atoms with Gasteiger partial charge < -0.3 is 15.2 Å². The molecule has 2 aliphatic heterocycles. The van der Waals surface area contributed by atoms with Gasteiger partial charge in [-0.15, -0.1) is 0 Å². The molecule has 2 bridgehead atoms. The van der Waals surface area contributed by atoms with Gasteiger partial charge in [0.15, 0.2) is 0 Å². The van der Waals surface area contributed by atoms with Crippen LogP contribution in [0.4, 0.5) is 5.69 Å². The molecule has 1 aromatic rings. The molecule has 1 amide bonds. The lowest BCUT2D eigenvalue weighted by molar-refractivity contribution is -0.145. The number of fused-ring (bicyclic) bond motifs is 2. The number of hydrogen-bond donors (Lipinski definition) is 2. The van der Waals surface area contributed by atoms with E-state index in [9.17, 15) is 14.7 Å². The number of carbonyl (C=O) groups is 2. The Hall–Kier alpha value is -2.14. The van der Waals surface area contributed by atoms with Crippen molar-refractivity contribution in [3.05, 3.63) is 41.5 Å². The smallest absolute Gasteiger partial charge is 0.310 e. The molecule has 21 heavy (non-hydrogen) atoms. The van der Waals surface area contributed by atoms with Gasteiger partial charge in [-0.3, -0.25) is 9.59 Å². The number of ether oxygens (including phenoxy) is 1. The molecule has 1 fully saturated rings. The van der Waals surface area contributed by atoms with Crippen LogP contribution >= 0.6 is 0 Å². The van der Waals surface area contributed by atoms with E-state index in [0.29, 0.717) is 0 Å². The van der Waals surface area contributed by atoms with Crippen LogP contribution in [-0.4, -0.2) is 29.2 Å². The Balaban J connectivity index is 1.84. The van der Waals surface area contributed by atoms with Gasteiger partial charge >= 0.3 is 5.97 Å². The van der Waals surface area contributed by atoms with Gasteiger partial charge in [-0.1, -0.05) is 24.3 Å². The van der Waals surface area contributed by atoms with E-state index in [4.69, 9.17) is 4.74 Å². The molecule has 1 aromatic carbocycles. The van der Waals surface area contributed by atoms with Crippen LogP contribution in [0.1, 0.15) is 11.1 Å². The van der Waals surface area contributed by atoms with Crippen LogP contribution in [0.5, 0.6) is 0 Å². The minimum atomic E-state index is -0.993. The van der Waals surface area contributed by atoms with E-state index in [1.54, 1.807) is 12.2 Å². The largest absolute Gasteiger partial charge is 0.481 e. The maximum Gasteiger partial charge on any atom is 0.310 e. The molecule has 0 saturated carbocycles. The number of rotatable bonds is 3. The second-order valence-corrected chi connectivity index (χ2v) is 5.58. The van der Waals surface area contributed by atoms with Gasteiger partial charge in [0.05, 0.1) is 18.1 Å². The molecule has 0 radical (unpaired) electrons. The van der Waals surface area contributed by atoms with Gasteiger partial charge in [0.2, 0.25) is 5.91 Å². The zero-order chi connectivity index (χ0) is 15.1. The molecule has 0 aliphatic carbocycles. The Labute approximate surface area is 122 Å². The average molecular weight is 287 g/mol. The standard InChI is InChI=1S/C16H17NO4/c1-8-4-3-5-10(9(8)2)17-15(18)13-11-6-7-12(21-11)14(13)16(19)20/h3-7,11-14H,1-2H3,(H,17,18)(H,19,20)/t11-,12-,13-,14-/m1/s1. The minimum Gasteiger partial charge on any atom is -0.481 e. The quantitative estimate of drug-likeness (QED) is 0.833. The Bertz CT molecular complexity index is 637. The molecule has 2 N–H and O–H groups in total. The number of aliphatic carboxylic acids is 1. The van der Waals surface area contributed by atoms with Crippen molar-refractivity contribution in [1.29, 1.82) is 0 Å². The topological polar surface area (TPSA) is 75.6 Å². The molecule has 110 valence electrons. The number of aryl methyl sites for hydroxylation is 1. The lowest BCUT2D eigenvalue weighted by Crippen LogP contribution is -2.39. The van der Waals surface area contributed by atoms with Gasteiger partial charge in [0.1, 0.15) is 5.92 Å². The fourth-order valence-electron chi connectivity index (χ4n) is 3.02. The molecule has 0 unspecified atom stereocenters. The summed E-state index contributed by atoms with van der Waals surface area (Å²) in [5.74, 6) is -2.79. The summed E-state index contributed by atoms with van der Waals surface area (Å²) in [6, 6.07) is 5.65. The van der Waals surface area contributed by atoms with Crippen molar-refractivity contribution in [2.75, 3.05) is 5.32 Å². The molecular formula is C16H17NO4. The van der Waals surface area contributed by atoms with Crippen molar-refractivity contribution in [3.63, 3.8) is 0 Å². The highest BCUT2D eigenvalue weighted by atomic mass is 16.5. The summed E-state index contributed by atoms with van der Waals surface area (Å²) in [6.07, 6.45) is 2.56. The first-order chi connectivity index (χ1) is 9.99. The second kappa shape index (κ2) is 5.00. The van der Waals surface area contributed by atoms with E-state index in [2.05, 4.69) is 5.32 Å². The van der Waals surface area contributed by atoms with Crippen molar-refractivity contribution in [2.45, 2.75) is 26.1 Å². The summed E-state index contributed by atoms with van der Waals surface area (Å²) < 4.78 is 5.52. The number of carbonyl (C=O) groups excluding carboxylic acids is 1. The zero-order valence-electron chi connectivity index (χ0n) is 11.9. The molecule has 5 nitrogen and oxygen atoms in total. The van der Waals surface area contributed by atoms with Gasteiger partial charge in [0.25, 0.3) is 0 Å². The molecule has 4 atom stereocenters. The van der Waals surface area contributed by atoms with Crippen LogP contribution < -0.4 is 5.32 Å². The first-order valence-electron chi connectivity index (χ1n) is 6.92.